The zero-order valence-electron chi connectivity index (χ0n) is 11.5. The summed E-state index contributed by atoms with van der Waals surface area (Å²) in [6.07, 6.45) is 1.65. The molecule has 0 atom stereocenters. The lowest BCUT2D eigenvalue weighted by molar-refractivity contribution is 0.590. The molecule has 0 unspecified atom stereocenters. The first kappa shape index (κ1) is 13.9. The molecule has 8 heteroatoms. The van der Waals surface area contributed by atoms with Gasteiger partial charge in [0, 0.05) is 18.6 Å². The number of hydrogen-bond acceptors (Lipinski definition) is 5. The molecule has 0 saturated heterocycles. The summed E-state index contributed by atoms with van der Waals surface area (Å²) < 4.78 is 28.3. The molecule has 3 rings (SSSR count). The van der Waals surface area contributed by atoms with Crippen molar-refractivity contribution in [1.29, 1.82) is 0 Å². The molecule has 0 aliphatic heterocycles. The molecule has 0 amide bonds. The van der Waals surface area contributed by atoms with Crippen molar-refractivity contribution in [2.24, 2.45) is 0 Å². The number of imidazole rings is 1. The standard InChI is InChI=1S/C13H14N4O2S2/c1-9-3-5-10(6-4-9)16(2)21(18,19)12-11(14)15-13-17(12)7-8-20-13/h3-8H,14H2,1-2H3. The fraction of sp³-hybridized carbons (Fsp3) is 0.154. The number of benzene rings is 1. The fourth-order valence-electron chi connectivity index (χ4n) is 2.06. The van der Waals surface area contributed by atoms with Gasteiger partial charge in [-0.05, 0) is 19.1 Å². The quantitative estimate of drug-likeness (QED) is 0.801. The molecule has 2 heterocycles. The van der Waals surface area contributed by atoms with Crippen molar-refractivity contribution in [3.63, 3.8) is 0 Å². The van der Waals surface area contributed by atoms with Gasteiger partial charge in [0.25, 0.3) is 10.0 Å². The second-order valence-electron chi connectivity index (χ2n) is 4.67. The normalized spacial score (nSPS) is 11.9. The van der Waals surface area contributed by atoms with E-state index < -0.39 is 10.0 Å². The van der Waals surface area contributed by atoms with Crippen molar-refractivity contribution in [3.05, 3.63) is 41.4 Å². The lowest BCUT2D eigenvalue weighted by Crippen LogP contribution is -2.28. The van der Waals surface area contributed by atoms with E-state index in [1.54, 1.807) is 23.7 Å². The van der Waals surface area contributed by atoms with Gasteiger partial charge in [-0.25, -0.2) is 4.98 Å². The molecule has 110 valence electrons. The van der Waals surface area contributed by atoms with Gasteiger partial charge >= 0.3 is 0 Å². The van der Waals surface area contributed by atoms with E-state index in [1.807, 2.05) is 19.1 Å². The summed E-state index contributed by atoms with van der Waals surface area (Å²) >= 11 is 1.34. The fourth-order valence-corrected chi connectivity index (χ4v) is 4.20. The number of sulfonamides is 1. The van der Waals surface area contributed by atoms with Gasteiger partial charge in [0.2, 0.25) is 5.03 Å². The van der Waals surface area contributed by atoms with Gasteiger partial charge in [-0.3, -0.25) is 8.71 Å². The topological polar surface area (TPSA) is 80.7 Å². The number of anilines is 2. The van der Waals surface area contributed by atoms with Gasteiger partial charge in [-0.1, -0.05) is 17.7 Å². The lowest BCUT2D eigenvalue weighted by atomic mass is 10.2. The van der Waals surface area contributed by atoms with Crippen LogP contribution in [0.1, 0.15) is 5.56 Å². The first-order valence-corrected chi connectivity index (χ1v) is 8.50. The molecule has 21 heavy (non-hydrogen) atoms. The third kappa shape index (κ3) is 2.16. The van der Waals surface area contributed by atoms with E-state index in [4.69, 9.17) is 5.73 Å². The third-order valence-corrected chi connectivity index (χ3v) is 5.83. The minimum absolute atomic E-state index is 0.00169. The van der Waals surface area contributed by atoms with Gasteiger partial charge in [0.1, 0.15) is 0 Å². The van der Waals surface area contributed by atoms with Crippen LogP contribution in [0, 0.1) is 6.92 Å². The number of fused-ring (bicyclic) bond motifs is 1. The largest absolute Gasteiger partial charge is 0.381 e. The van der Waals surface area contributed by atoms with Crippen molar-refractivity contribution in [2.75, 3.05) is 17.1 Å². The number of nitrogens with two attached hydrogens (primary N) is 1. The van der Waals surface area contributed by atoms with Gasteiger partial charge in [0.05, 0.1) is 5.69 Å². The summed E-state index contributed by atoms with van der Waals surface area (Å²) in [4.78, 5) is 4.64. The van der Waals surface area contributed by atoms with Crippen LogP contribution in [-0.4, -0.2) is 24.9 Å². The van der Waals surface area contributed by atoms with E-state index >= 15 is 0 Å². The predicted molar refractivity (Wildman–Crippen MR) is 84.2 cm³/mol. The van der Waals surface area contributed by atoms with Gasteiger partial charge in [-0.15, -0.1) is 11.3 Å². The Kier molecular flexibility index (Phi) is 3.14. The average Bonchev–Trinajstić information content (AvgIpc) is 2.98. The maximum absolute atomic E-state index is 12.8. The number of thiazole rings is 1. The maximum Gasteiger partial charge on any atom is 0.283 e. The van der Waals surface area contributed by atoms with E-state index in [1.165, 1.54) is 27.1 Å². The zero-order valence-corrected chi connectivity index (χ0v) is 13.1. The van der Waals surface area contributed by atoms with Crippen LogP contribution >= 0.6 is 11.3 Å². The van der Waals surface area contributed by atoms with Crippen molar-refractivity contribution < 1.29 is 8.42 Å². The molecule has 0 aliphatic carbocycles. The molecule has 2 N–H and O–H groups in total. The Balaban J connectivity index is 2.13. The summed E-state index contributed by atoms with van der Waals surface area (Å²) in [6.45, 7) is 1.95. The zero-order chi connectivity index (χ0) is 15.2. The molecule has 2 aromatic heterocycles. The Morgan fingerprint density at radius 2 is 1.95 bits per heavy atom. The first-order valence-electron chi connectivity index (χ1n) is 6.18. The average molecular weight is 322 g/mol. The van der Waals surface area contributed by atoms with E-state index in [9.17, 15) is 8.42 Å². The minimum Gasteiger partial charge on any atom is -0.381 e. The molecule has 0 saturated carbocycles. The van der Waals surface area contributed by atoms with E-state index in [-0.39, 0.29) is 10.8 Å². The van der Waals surface area contributed by atoms with Crippen molar-refractivity contribution in [1.82, 2.24) is 9.38 Å². The lowest BCUT2D eigenvalue weighted by Gasteiger charge is -2.19. The summed E-state index contributed by atoms with van der Waals surface area (Å²) in [7, 11) is -2.27. The molecular weight excluding hydrogens is 308 g/mol. The molecular formula is C13H14N4O2S2. The summed E-state index contributed by atoms with van der Waals surface area (Å²) in [5.41, 5.74) is 7.43. The van der Waals surface area contributed by atoms with E-state index in [0.717, 1.165) is 5.56 Å². The molecule has 0 aliphatic rings. The molecule has 0 bridgehead atoms. The number of hydrogen-bond donors (Lipinski definition) is 1. The minimum atomic E-state index is -3.77. The van der Waals surface area contributed by atoms with E-state index in [2.05, 4.69) is 4.98 Å². The number of rotatable bonds is 3. The first-order chi connectivity index (χ1) is 9.91. The predicted octanol–water partition coefficient (Wildman–Crippen LogP) is 2.11. The highest BCUT2D eigenvalue weighted by atomic mass is 32.2. The summed E-state index contributed by atoms with van der Waals surface area (Å²) in [5, 5.41) is 1.77. The highest BCUT2D eigenvalue weighted by Crippen LogP contribution is 2.28. The second kappa shape index (κ2) is 4.74. The molecule has 0 radical (unpaired) electrons. The number of nitrogens with zero attached hydrogens (tertiary/aromatic N) is 3. The van der Waals surface area contributed by atoms with Crippen LogP contribution in [0.25, 0.3) is 4.96 Å². The molecule has 1 aromatic carbocycles. The van der Waals surface area contributed by atoms with Crippen LogP contribution in [0.3, 0.4) is 0 Å². The van der Waals surface area contributed by atoms with Crippen LogP contribution in [-0.2, 0) is 10.0 Å². The SMILES string of the molecule is Cc1ccc(N(C)S(=O)(=O)c2c(N)nc3sccn23)cc1. The Hall–Kier alpha value is -2.06. The summed E-state index contributed by atoms with van der Waals surface area (Å²) in [6, 6.07) is 7.24. The monoisotopic (exact) mass is 322 g/mol. The van der Waals surface area contributed by atoms with Crippen LogP contribution in [0.5, 0.6) is 0 Å². The van der Waals surface area contributed by atoms with Crippen molar-refractivity contribution in [2.45, 2.75) is 11.9 Å². The van der Waals surface area contributed by atoms with Crippen LogP contribution in [0.15, 0.2) is 40.9 Å². The number of aromatic nitrogens is 2. The highest BCUT2D eigenvalue weighted by Gasteiger charge is 2.29. The van der Waals surface area contributed by atoms with Crippen LogP contribution < -0.4 is 10.0 Å². The molecule has 3 aromatic rings. The molecule has 6 nitrogen and oxygen atoms in total. The number of aryl methyl sites for hydroxylation is 1. The second-order valence-corrected chi connectivity index (χ2v) is 7.42. The van der Waals surface area contributed by atoms with Crippen LogP contribution in [0.2, 0.25) is 0 Å². The van der Waals surface area contributed by atoms with Crippen LogP contribution in [0.4, 0.5) is 11.5 Å². The Morgan fingerprint density at radius 3 is 2.62 bits per heavy atom. The van der Waals surface area contributed by atoms with Crippen molar-refractivity contribution in [3.8, 4) is 0 Å². The molecule has 0 fully saturated rings. The maximum atomic E-state index is 12.8. The van der Waals surface area contributed by atoms with Gasteiger partial charge in [-0.2, -0.15) is 8.42 Å². The van der Waals surface area contributed by atoms with E-state index in [0.29, 0.717) is 10.6 Å². The molecule has 0 spiro atoms. The van der Waals surface area contributed by atoms with Crippen molar-refractivity contribution >= 4 is 37.8 Å². The Morgan fingerprint density at radius 1 is 1.29 bits per heavy atom. The number of nitrogen functional groups attached to an aromatic ring is 1. The van der Waals surface area contributed by atoms with Gasteiger partial charge in [0.15, 0.2) is 10.8 Å². The van der Waals surface area contributed by atoms with Gasteiger partial charge < -0.3 is 5.73 Å². The Bertz CT molecular complexity index is 894. The smallest absolute Gasteiger partial charge is 0.283 e. The Labute approximate surface area is 126 Å². The summed E-state index contributed by atoms with van der Waals surface area (Å²) in [5.74, 6) is 0.0146. The third-order valence-electron chi connectivity index (χ3n) is 3.25. The highest BCUT2D eigenvalue weighted by molar-refractivity contribution is 7.92.